The van der Waals surface area contributed by atoms with Crippen molar-refractivity contribution in [2.24, 2.45) is 22.7 Å². The molecular weight excluding hydrogens is 248 g/mol. The van der Waals surface area contributed by atoms with Crippen LogP contribution in [0.2, 0.25) is 0 Å². The van der Waals surface area contributed by atoms with Crippen LogP contribution in [0, 0.1) is 22.7 Å². The first-order valence-corrected chi connectivity index (χ1v) is 6.27. The quantitative estimate of drug-likeness (QED) is 0.756. The van der Waals surface area contributed by atoms with Crippen molar-refractivity contribution in [3.8, 4) is 0 Å². The molecule has 1 aliphatic rings. The monoisotopic (exact) mass is 268 g/mol. The van der Waals surface area contributed by atoms with E-state index >= 15 is 0 Å². The highest BCUT2D eigenvalue weighted by Gasteiger charge is 2.60. The Balaban J connectivity index is 3.33. The van der Waals surface area contributed by atoms with Crippen LogP contribution in [-0.2, 0) is 19.2 Å². The van der Waals surface area contributed by atoms with Crippen molar-refractivity contribution in [2.45, 2.75) is 34.6 Å². The minimum Gasteiger partial charge on any atom is -0.396 e. The van der Waals surface area contributed by atoms with E-state index in [2.05, 4.69) is 0 Å². The van der Waals surface area contributed by atoms with Crippen LogP contribution in [0.25, 0.3) is 0 Å². The van der Waals surface area contributed by atoms with Crippen LogP contribution in [0.1, 0.15) is 34.6 Å². The highest BCUT2D eigenvalue weighted by molar-refractivity contribution is 6.35. The number of carbonyl (C=O) groups is 4. The minimum absolute atomic E-state index is 0.426. The zero-order chi connectivity index (χ0) is 15.2. The molecule has 0 aromatic rings. The Hall–Kier alpha value is -1.36. The van der Waals surface area contributed by atoms with E-state index in [1.165, 1.54) is 34.6 Å². The van der Waals surface area contributed by atoms with Gasteiger partial charge < -0.3 is 5.11 Å². The van der Waals surface area contributed by atoms with Gasteiger partial charge >= 0.3 is 0 Å². The molecule has 1 rings (SSSR count). The lowest BCUT2D eigenvalue weighted by atomic mass is 9.57. The molecule has 0 saturated heterocycles. The van der Waals surface area contributed by atoms with Crippen molar-refractivity contribution >= 4 is 23.1 Å². The van der Waals surface area contributed by atoms with E-state index in [0.29, 0.717) is 0 Å². The van der Waals surface area contributed by atoms with E-state index in [4.69, 9.17) is 5.11 Å². The lowest BCUT2D eigenvalue weighted by Gasteiger charge is -2.40. The second kappa shape index (κ2) is 4.63. The van der Waals surface area contributed by atoms with Gasteiger partial charge in [-0.15, -0.1) is 0 Å². The van der Waals surface area contributed by atoms with Gasteiger partial charge in [-0.25, -0.2) is 0 Å². The predicted octanol–water partition coefficient (Wildman–Crippen LogP) is 0.573. The van der Waals surface area contributed by atoms with Gasteiger partial charge in [-0.3, -0.25) is 19.2 Å². The second-order valence-corrected chi connectivity index (χ2v) is 6.23. The molecule has 106 valence electrons. The second-order valence-electron chi connectivity index (χ2n) is 6.23. The topological polar surface area (TPSA) is 88.5 Å². The molecule has 5 heteroatoms. The summed E-state index contributed by atoms with van der Waals surface area (Å²) in [5, 5.41) is 9.01. The van der Waals surface area contributed by atoms with Gasteiger partial charge in [-0.1, -0.05) is 6.92 Å². The molecule has 0 aromatic heterocycles. The van der Waals surface area contributed by atoms with Gasteiger partial charge in [0.1, 0.15) is 5.92 Å². The number of hydrogen-bond donors (Lipinski definition) is 1. The third-order valence-corrected chi connectivity index (χ3v) is 3.94. The van der Waals surface area contributed by atoms with Crippen molar-refractivity contribution in [3.05, 3.63) is 0 Å². The van der Waals surface area contributed by atoms with Crippen LogP contribution in [0.3, 0.4) is 0 Å². The average Bonchev–Trinajstić information content (AvgIpc) is 2.34. The molecule has 1 fully saturated rings. The number of hydrogen-bond acceptors (Lipinski definition) is 5. The van der Waals surface area contributed by atoms with Crippen LogP contribution in [0.5, 0.6) is 0 Å². The molecule has 0 bridgehead atoms. The largest absolute Gasteiger partial charge is 0.396 e. The Bertz CT molecular complexity index is 428. The molecule has 0 aromatic carbocycles. The van der Waals surface area contributed by atoms with E-state index < -0.39 is 52.4 Å². The molecule has 19 heavy (non-hydrogen) atoms. The summed E-state index contributed by atoms with van der Waals surface area (Å²) in [6.45, 7) is 6.79. The first kappa shape index (κ1) is 15.7. The molecule has 1 aliphatic carbocycles. The first-order chi connectivity index (χ1) is 8.49. The summed E-state index contributed by atoms with van der Waals surface area (Å²) >= 11 is 0. The van der Waals surface area contributed by atoms with Crippen LogP contribution in [0.15, 0.2) is 0 Å². The van der Waals surface area contributed by atoms with Crippen LogP contribution in [0.4, 0.5) is 0 Å². The van der Waals surface area contributed by atoms with Gasteiger partial charge in [-0.05, 0) is 27.7 Å². The SMILES string of the molecule is CC(CO)C(=O)C1C(=O)C(C)(C)C(=O)C(C)(C)C1=O. The number of ketones is 4. The Morgan fingerprint density at radius 3 is 1.79 bits per heavy atom. The molecule has 0 radical (unpaired) electrons. The molecule has 1 atom stereocenters. The lowest BCUT2D eigenvalue weighted by Crippen LogP contribution is -2.60. The van der Waals surface area contributed by atoms with Crippen molar-refractivity contribution < 1.29 is 24.3 Å². The van der Waals surface area contributed by atoms with Gasteiger partial charge in [0, 0.05) is 5.92 Å². The fourth-order valence-corrected chi connectivity index (χ4v) is 2.48. The molecular formula is C14H20O5. The van der Waals surface area contributed by atoms with Crippen LogP contribution in [-0.4, -0.2) is 34.8 Å². The Labute approximate surface area is 112 Å². The average molecular weight is 268 g/mol. The molecule has 0 amide bonds. The maximum atomic E-state index is 12.3. The third-order valence-electron chi connectivity index (χ3n) is 3.94. The number of rotatable bonds is 3. The van der Waals surface area contributed by atoms with E-state index in [0.717, 1.165) is 0 Å². The van der Waals surface area contributed by atoms with E-state index in [1.807, 2.05) is 0 Å². The van der Waals surface area contributed by atoms with Gasteiger partial charge in [0.25, 0.3) is 0 Å². The van der Waals surface area contributed by atoms with Crippen molar-refractivity contribution in [1.82, 2.24) is 0 Å². The van der Waals surface area contributed by atoms with Crippen molar-refractivity contribution in [1.29, 1.82) is 0 Å². The summed E-state index contributed by atoms with van der Waals surface area (Å²) in [5.74, 6) is -4.62. The minimum atomic E-state index is -1.44. The molecule has 1 unspecified atom stereocenters. The maximum Gasteiger partial charge on any atom is 0.163 e. The summed E-state index contributed by atoms with van der Waals surface area (Å²) in [6, 6.07) is 0. The van der Waals surface area contributed by atoms with Gasteiger partial charge in [0.15, 0.2) is 23.1 Å². The zero-order valence-corrected chi connectivity index (χ0v) is 11.9. The predicted molar refractivity (Wildman–Crippen MR) is 67.3 cm³/mol. The molecule has 0 heterocycles. The highest BCUT2D eigenvalue weighted by atomic mass is 16.3. The summed E-state index contributed by atoms with van der Waals surface area (Å²) in [4.78, 5) is 48.9. The Kier molecular flexibility index (Phi) is 3.83. The first-order valence-electron chi connectivity index (χ1n) is 6.27. The smallest absolute Gasteiger partial charge is 0.163 e. The van der Waals surface area contributed by atoms with Crippen molar-refractivity contribution in [2.75, 3.05) is 6.61 Å². The van der Waals surface area contributed by atoms with E-state index in [1.54, 1.807) is 0 Å². The van der Waals surface area contributed by atoms with Crippen LogP contribution < -0.4 is 0 Å². The number of Topliss-reactive ketones (excluding diaryl/α,β-unsaturated/α-hetero) is 4. The van der Waals surface area contributed by atoms with E-state index in [-0.39, 0.29) is 0 Å². The standard InChI is InChI=1S/C14H20O5/c1-7(6-15)9(16)8-10(17)13(2,3)12(19)14(4,5)11(8)18/h7-8,15H,6H2,1-5H3. The fourth-order valence-electron chi connectivity index (χ4n) is 2.48. The molecule has 1 saturated carbocycles. The molecule has 0 spiro atoms. The molecule has 5 nitrogen and oxygen atoms in total. The van der Waals surface area contributed by atoms with E-state index in [9.17, 15) is 19.2 Å². The zero-order valence-electron chi connectivity index (χ0n) is 11.9. The van der Waals surface area contributed by atoms with Crippen LogP contribution >= 0.6 is 0 Å². The normalized spacial score (nSPS) is 24.4. The summed E-state index contributed by atoms with van der Waals surface area (Å²) in [5.41, 5.74) is -2.71. The molecule has 1 N–H and O–H groups in total. The fraction of sp³-hybridized carbons (Fsp3) is 0.714. The Morgan fingerprint density at radius 2 is 1.47 bits per heavy atom. The summed E-state index contributed by atoms with van der Waals surface area (Å²) in [6.07, 6.45) is 0. The maximum absolute atomic E-state index is 12.3. The summed E-state index contributed by atoms with van der Waals surface area (Å²) < 4.78 is 0. The third kappa shape index (κ3) is 2.16. The van der Waals surface area contributed by atoms with Gasteiger partial charge in [-0.2, -0.15) is 0 Å². The summed E-state index contributed by atoms with van der Waals surface area (Å²) in [7, 11) is 0. The highest BCUT2D eigenvalue weighted by Crippen LogP contribution is 2.41. The molecule has 0 aliphatic heterocycles. The number of carbonyl (C=O) groups excluding carboxylic acids is 4. The lowest BCUT2D eigenvalue weighted by molar-refractivity contribution is -0.162. The van der Waals surface area contributed by atoms with Gasteiger partial charge in [0.2, 0.25) is 0 Å². The van der Waals surface area contributed by atoms with Crippen molar-refractivity contribution in [3.63, 3.8) is 0 Å². The van der Waals surface area contributed by atoms with Gasteiger partial charge in [0.05, 0.1) is 17.4 Å². The number of aliphatic hydroxyl groups excluding tert-OH is 1. The number of aliphatic hydroxyl groups is 1. The Morgan fingerprint density at radius 1 is 1.11 bits per heavy atom.